The average molecular weight is 420 g/mol. The zero-order valence-corrected chi connectivity index (χ0v) is 17.7. The van der Waals surface area contributed by atoms with E-state index in [9.17, 15) is 18.0 Å². The highest BCUT2D eigenvalue weighted by Gasteiger charge is 2.36. The molecule has 8 heteroatoms. The van der Waals surface area contributed by atoms with Crippen molar-refractivity contribution in [3.63, 3.8) is 0 Å². The molecule has 1 unspecified atom stereocenters. The van der Waals surface area contributed by atoms with Crippen LogP contribution in [0.5, 0.6) is 0 Å². The first-order chi connectivity index (χ1) is 13.9. The largest absolute Gasteiger partial charge is 0.338 e. The Bertz CT molecular complexity index is 909. The molecule has 1 heterocycles. The first-order valence-electron chi connectivity index (χ1n) is 10.6. The maximum absolute atomic E-state index is 12.8. The van der Waals surface area contributed by atoms with E-state index in [0.29, 0.717) is 19.5 Å². The van der Waals surface area contributed by atoms with E-state index in [-0.39, 0.29) is 12.6 Å². The van der Waals surface area contributed by atoms with Crippen LogP contribution in [0.3, 0.4) is 0 Å². The molecule has 2 N–H and O–H groups in total. The number of likely N-dealkylation sites (tertiary alicyclic amines) is 1. The van der Waals surface area contributed by atoms with Crippen LogP contribution >= 0.6 is 0 Å². The molecule has 4 rings (SSSR count). The second kappa shape index (κ2) is 7.97. The van der Waals surface area contributed by atoms with Gasteiger partial charge in [0.05, 0.1) is 5.25 Å². The summed E-state index contributed by atoms with van der Waals surface area (Å²) in [6.45, 7) is 2.87. The number of carbonyl (C=O) groups excluding carboxylic acids is 2. The molecule has 1 aromatic carbocycles. The number of benzene rings is 1. The van der Waals surface area contributed by atoms with E-state index in [1.165, 1.54) is 27.2 Å². The van der Waals surface area contributed by atoms with Crippen LogP contribution in [0.4, 0.5) is 10.5 Å². The minimum absolute atomic E-state index is 0.150. The van der Waals surface area contributed by atoms with Crippen molar-refractivity contribution in [1.29, 1.82) is 0 Å². The maximum atomic E-state index is 12.8. The van der Waals surface area contributed by atoms with Crippen molar-refractivity contribution in [2.45, 2.75) is 57.1 Å². The molecule has 1 saturated heterocycles. The summed E-state index contributed by atoms with van der Waals surface area (Å²) in [7, 11) is -3.62. The second-order valence-corrected chi connectivity index (χ2v) is 10.6. The molecule has 1 fully saturated rings. The third-order valence-corrected chi connectivity index (χ3v) is 8.40. The number of rotatable bonds is 5. The Balaban J connectivity index is 1.45. The minimum atomic E-state index is -3.62. The quantitative estimate of drug-likeness (QED) is 0.761. The molecule has 0 radical (unpaired) electrons. The van der Waals surface area contributed by atoms with Gasteiger partial charge in [0.25, 0.3) is 0 Å². The molecule has 7 nitrogen and oxygen atoms in total. The van der Waals surface area contributed by atoms with Gasteiger partial charge in [0.2, 0.25) is 5.91 Å². The number of nitrogens with zero attached hydrogens (tertiary/aromatic N) is 1. The summed E-state index contributed by atoms with van der Waals surface area (Å²) in [4.78, 5) is 26.2. The zero-order chi connectivity index (χ0) is 20.6. The lowest BCUT2D eigenvalue weighted by Gasteiger charge is -2.18. The number of nitrogens with one attached hydrogen (secondary N) is 2. The smallest absolute Gasteiger partial charge is 0.317 e. The first kappa shape index (κ1) is 20.2. The SMILES string of the molecule is CCNC(=O)N1CCC(S(=O)(=O)CC(=O)Nc2c3c(cc4c2CCC4)CCC3)C1. The van der Waals surface area contributed by atoms with Gasteiger partial charge in [-0.25, -0.2) is 13.2 Å². The molecule has 1 atom stereocenters. The van der Waals surface area contributed by atoms with Crippen LogP contribution in [0, 0.1) is 0 Å². The molecule has 0 bridgehead atoms. The van der Waals surface area contributed by atoms with Crippen LogP contribution in [0.25, 0.3) is 0 Å². The van der Waals surface area contributed by atoms with Crippen molar-refractivity contribution in [3.05, 3.63) is 28.3 Å². The van der Waals surface area contributed by atoms with Gasteiger partial charge in [-0.05, 0) is 74.1 Å². The van der Waals surface area contributed by atoms with Gasteiger partial charge in [0.15, 0.2) is 9.84 Å². The third kappa shape index (κ3) is 3.99. The van der Waals surface area contributed by atoms with Crippen LogP contribution in [-0.4, -0.2) is 55.9 Å². The van der Waals surface area contributed by atoms with Crippen molar-refractivity contribution >= 4 is 27.5 Å². The minimum Gasteiger partial charge on any atom is -0.338 e. The summed E-state index contributed by atoms with van der Waals surface area (Å²) in [5.41, 5.74) is 5.87. The number of anilines is 1. The molecule has 0 spiro atoms. The van der Waals surface area contributed by atoms with Crippen LogP contribution in [0.1, 0.15) is 48.4 Å². The first-order valence-corrected chi connectivity index (χ1v) is 12.3. The van der Waals surface area contributed by atoms with Crippen LogP contribution < -0.4 is 10.6 Å². The fourth-order valence-corrected chi connectivity index (χ4v) is 6.46. The summed E-state index contributed by atoms with van der Waals surface area (Å²) in [5.74, 6) is -0.991. The topological polar surface area (TPSA) is 95.6 Å². The highest BCUT2D eigenvalue weighted by atomic mass is 32.2. The number of sulfone groups is 1. The van der Waals surface area contributed by atoms with Crippen LogP contribution in [-0.2, 0) is 40.3 Å². The van der Waals surface area contributed by atoms with Crippen molar-refractivity contribution in [2.75, 3.05) is 30.7 Å². The van der Waals surface area contributed by atoms with Gasteiger partial charge in [-0.3, -0.25) is 4.79 Å². The van der Waals surface area contributed by atoms with Gasteiger partial charge in [0.1, 0.15) is 5.75 Å². The van der Waals surface area contributed by atoms with E-state index in [1.807, 2.05) is 6.92 Å². The van der Waals surface area contributed by atoms with E-state index in [1.54, 1.807) is 0 Å². The number of fused-ring (bicyclic) bond motifs is 2. The maximum Gasteiger partial charge on any atom is 0.317 e. The average Bonchev–Trinajstić information content (AvgIpc) is 3.41. The Morgan fingerprint density at radius 1 is 1.10 bits per heavy atom. The Kier molecular flexibility index (Phi) is 5.55. The monoisotopic (exact) mass is 419 g/mol. The lowest BCUT2D eigenvalue weighted by molar-refractivity contribution is -0.113. The highest BCUT2D eigenvalue weighted by molar-refractivity contribution is 7.92. The number of hydrogen-bond acceptors (Lipinski definition) is 4. The summed E-state index contributed by atoms with van der Waals surface area (Å²) in [6, 6.07) is 2.04. The number of amides is 3. The number of aryl methyl sites for hydroxylation is 2. The zero-order valence-electron chi connectivity index (χ0n) is 16.9. The molecule has 3 aliphatic rings. The predicted octanol–water partition coefficient (Wildman–Crippen LogP) is 1.82. The molecule has 0 aromatic heterocycles. The fourth-order valence-electron chi connectivity index (χ4n) is 4.91. The Morgan fingerprint density at radius 2 is 1.76 bits per heavy atom. The molecular weight excluding hydrogens is 390 g/mol. The van der Waals surface area contributed by atoms with Gasteiger partial charge < -0.3 is 15.5 Å². The summed E-state index contributed by atoms with van der Waals surface area (Å²) in [5, 5.41) is 4.98. The van der Waals surface area contributed by atoms with E-state index < -0.39 is 26.7 Å². The van der Waals surface area contributed by atoms with E-state index in [4.69, 9.17) is 0 Å². The number of carbonyl (C=O) groups is 2. The summed E-state index contributed by atoms with van der Waals surface area (Å²) >= 11 is 0. The van der Waals surface area contributed by atoms with Gasteiger partial charge >= 0.3 is 6.03 Å². The van der Waals surface area contributed by atoms with Crippen LogP contribution in [0.15, 0.2) is 6.07 Å². The standard InChI is InChI=1S/C21H29N3O4S/c1-2-22-21(26)24-10-9-16(12-24)29(27,28)13-19(25)23-20-17-7-3-5-14(17)11-15-6-4-8-18(15)20/h11,16H,2-10,12-13H2,1H3,(H,22,26)(H,23,25). The molecule has 1 aromatic rings. The Hall–Kier alpha value is -2.09. The van der Waals surface area contributed by atoms with Crippen LogP contribution in [0.2, 0.25) is 0 Å². The lowest BCUT2D eigenvalue weighted by atomic mass is 9.98. The lowest BCUT2D eigenvalue weighted by Crippen LogP contribution is -2.40. The van der Waals surface area contributed by atoms with E-state index in [0.717, 1.165) is 44.2 Å². The van der Waals surface area contributed by atoms with Crippen molar-refractivity contribution in [1.82, 2.24) is 10.2 Å². The molecular formula is C21H29N3O4S. The second-order valence-electron chi connectivity index (χ2n) is 8.28. The number of urea groups is 1. The third-order valence-electron chi connectivity index (χ3n) is 6.34. The Labute approximate surface area is 172 Å². The number of hydrogen-bond donors (Lipinski definition) is 2. The molecule has 2 aliphatic carbocycles. The van der Waals surface area contributed by atoms with E-state index >= 15 is 0 Å². The van der Waals surface area contributed by atoms with Gasteiger partial charge in [-0.15, -0.1) is 0 Å². The molecule has 1 aliphatic heterocycles. The molecule has 158 valence electrons. The van der Waals surface area contributed by atoms with E-state index in [2.05, 4.69) is 16.7 Å². The molecule has 3 amide bonds. The molecule has 29 heavy (non-hydrogen) atoms. The highest BCUT2D eigenvalue weighted by Crippen LogP contribution is 2.38. The fraction of sp³-hybridized carbons (Fsp3) is 0.619. The summed E-state index contributed by atoms with van der Waals surface area (Å²) in [6.07, 6.45) is 6.48. The predicted molar refractivity (Wildman–Crippen MR) is 112 cm³/mol. The van der Waals surface area contributed by atoms with Gasteiger partial charge in [-0.1, -0.05) is 6.07 Å². The summed E-state index contributed by atoms with van der Waals surface area (Å²) < 4.78 is 25.6. The van der Waals surface area contributed by atoms with Gasteiger partial charge in [-0.2, -0.15) is 0 Å². The van der Waals surface area contributed by atoms with Gasteiger partial charge in [0, 0.05) is 25.3 Å². The Morgan fingerprint density at radius 3 is 2.38 bits per heavy atom. The van der Waals surface area contributed by atoms with Crippen molar-refractivity contribution < 1.29 is 18.0 Å². The molecule has 0 saturated carbocycles. The van der Waals surface area contributed by atoms with Crippen molar-refractivity contribution in [3.8, 4) is 0 Å². The van der Waals surface area contributed by atoms with Crippen molar-refractivity contribution in [2.24, 2.45) is 0 Å². The normalized spacial score (nSPS) is 20.4.